The Morgan fingerprint density at radius 3 is 2.82 bits per heavy atom. The average Bonchev–Trinajstić information content (AvgIpc) is 3.15. The van der Waals surface area contributed by atoms with Gasteiger partial charge in [-0.3, -0.25) is 0 Å². The van der Waals surface area contributed by atoms with Crippen molar-refractivity contribution >= 4 is 9.84 Å². The number of aliphatic hydroxyl groups is 2. The van der Waals surface area contributed by atoms with E-state index in [1.165, 1.54) is 11.1 Å². The molecule has 3 N–H and O–H groups in total. The van der Waals surface area contributed by atoms with Gasteiger partial charge in [0.1, 0.15) is 0 Å². The van der Waals surface area contributed by atoms with Crippen molar-refractivity contribution < 1.29 is 18.6 Å². The predicted octanol–water partition coefficient (Wildman–Crippen LogP) is 0.0873. The van der Waals surface area contributed by atoms with Gasteiger partial charge in [-0.1, -0.05) is 12.1 Å². The molecule has 1 aromatic carbocycles. The van der Waals surface area contributed by atoms with Crippen LogP contribution in [0.4, 0.5) is 0 Å². The first-order valence-corrected chi connectivity index (χ1v) is 8.71. The predicted molar refractivity (Wildman–Crippen MR) is 79.0 cm³/mol. The molecule has 7 nitrogen and oxygen atoms in total. The molecule has 1 aliphatic rings. The topological polar surface area (TPSA) is 116 Å². The summed E-state index contributed by atoms with van der Waals surface area (Å²) >= 11 is 0. The zero-order chi connectivity index (χ0) is 15.7. The lowest BCUT2D eigenvalue weighted by atomic mass is 10.1. The maximum absolute atomic E-state index is 12.0. The molecule has 3 rings (SSSR count). The zero-order valence-corrected chi connectivity index (χ0v) is 12.7. The molecule has 0 fully saturated rings. The first-order chi connectivity index (χ1) is 10.5. The number of nitrogens with one attached hydrogen (secondary N) is 1. The molecule has 22 heavy (non-hydrogen) atoms. The molecule has 0 aliphatic heterocycles. The molecule has 0 radical (unpaired) electrons. The number of rotatable bonds is 5. The standard InChI is InChI=1S/C14H17N3O4S/c18-7-12(19)8-22(20,21)14-15-13(16-17-14)11-5-4-9-2-1-3-10(9)6-11/h4-6,12,18-19H,1-3,7-8H2,(H,15,16,17)/t12-/m1/s1. The number of aromatic nitrogens is 3. The van der Waals surface area contributed by atoms with Gasteiger partial charge in [-0.05, 0) is 36.5 Å². The van der Waals surface area contributed by atoms with E-state index in [9.17, 15) is 13.5 Å². The molecule has 2 aromatic rings. The number of H-pyrrole nitrogens is 1. The van der Waals surface area contributed by atoms with E-state index < -0.39 is 28.3 Å². The van der Waals surface area contributed by atoms with Gasteiger partial charge in [0, 0.05) is 5.56 Å². The van der Waals surface area contributed by atoms with Crippen LogP contribution < -0.4 is 0 Å². The Kier molecular flexibility index (Phi) is 3.98. The van der Waals surface area contributed by atoms with Crippen LogP contribution in [0.1, 0.15) is 17.5 Å². The van der Waals surface area contributed by atoms with Crippen LogP contribution in [0, 0.1) is 0 Å². The smallest absolute Gasteiger partial charge is 0.243 e. The monoisotopic (exact) mass is 323 g/mol. The van der Waals surface area contributed by atoms with Gasteiger partial charge in [-0.15, -0.1) is 0 Å². The fourth-order valence-corrected chi connectivity index (χ4v) is 3.79. The van der Waals surface area contributed by atoms with Crippen LogP contribution in [0.25, 0.3) is 11.4 Å². The van der Waals surface area contributed by atoms with Gasteiger partial charge in [-0.2, -0.15) is 10.1 Å². The normalized spacial score (nSPS) is 15.7. The fraction of sp³-hybridized carbons (Fsp3) is 0.429. The molecular weight excluding hydrogens is 306 g/mol. The number of aromatic amines is 1. The molecular formula is C14H17N3O4S. The largest absolute Gasteiger partial charge is 0.394 e. The Labute approximate surface area is 128 Å². The van der Waals surface area contributed by atoms with Gasteiger partial charge < -0.3 is 10.2 Å². The van der Waals surface area contributed by atoms with E-state index in [2.05, 4.69) is 15.2 Å². The summed E-state index contributed by atoms with van der Waals surface area (Å²) in [7, 11) is -3.81. The number of benzene rings is 1. The summed E-state index contributed by atoms with van der Waals surface area (Å²) in [5, 5.41) is 24.1. The first kappa shape index (κ1) is 15.1. The van der Waals surface area contributed by atoms with Gasteiger partial charge in [0.15, 0.2) is 5.82 Å². The van der Waals surface area contributed by atoms with Crippen LogP contribution in [0.15, 0.2) is 23.4 Å². The molecule has 0 bridgehead atoms. The van der Waals surface area contributed by atoms with Crippen LogP contribution in [-0.2, 0) is 22.7 Å². The molecule has 118 valence electrons. The summed E-state index contributed by atoms with van der Waals surface area (Å²) in [4.78, 5) is 4.02. The summed E-state index contributed by atoms with van der Waals surface area (Å²) in [6.45, 7) is -0.620. The van der Waals surface area contributed by atoms with Crippen molar-refractivity contribution in [2.24, 2.45) is 0 Å². The lowest BCUT2D eigenvalue weighted by Gasteiger charge is -2.05. The third-order valence-corrected chi connectivity index (χ3v) is 5.33. The second kappa shape index (κ2) is 5.79. The Morgan fingerprint density at radius 1 is 1.27 bits per heavy atom. The maximum Gasteiger partial charge on any atom is 0.243 e. The second-order valence-corrected chi connectivity index (χ2v) is 7.37. The summed E-state index contributed by atoms with van der Waals surface area (Å²) in [6.07, 6.45) is 1.88. The highest BCUT2D eigenvalue weighted by molar-refractivity contribution is 7.91. The molecule has 1 aromatic heterocycles. The first-order valence-electron chi connectivity index (χ1n) is 7.06. The van der Waals surface area contributed by atoms with E-state index in [1.54, 1.807) is 0 Å². The molecule has 0 unspecified atom stereocenters. The Hall–Kier alpha value is -1.77. The zero-order valence-electron chi connectivity index (χ0n) is 11.9. The van der Waals surface area contributed by atoms with Gasteiger partial charge in [0.2, 0.25) is 15.0 Å². The van der Waals surface area contributed by atoms with Crippen LogP contribution >= 0.6 is 0 Å². The van der Waals surface area contributed by atoms with E-state index >= 15 is 0 Å². The Morgan fingerprint density at radius 2 is 2.05 bits per heavy atom. The lowest BCUT2D eigenvalue weighted by molar-refractivity contribution is 0.112. The van der Waals surface area contributed by atoms with Gasteiger partial charge in [-0.25, -0.2) is 13.5 Å². The molecule has 1 atom stereocenters. The number of hydrogen-bond donors (Lipinski definition) is 3. The number of hydrogen-bond acceptors (Lipinski definition) is 6. The Bertz CT molecular complexity index is 785. The van der Waals surface area contributed by atoms with E-state index in [1.807, 2.05) is 18.2 Å². The van der Waals surface area contributed by atoms with Crippen molar-refractivity contribution in [1.82, 2.24) is 15.2 Å². The summed E-state index contributed by atoms with van der Waals surface area (Å²) in [5.74, 6) is -0.283. The number of aliphatic hydroxyl groups excluding tert-OH is 2. The van der Waals surface area contributed by atoms with E-state index in [0.717, 1.165) is 24.8 Å². The minimum atomic E-state index is -3.81. The molecule has 0 amide bonds. The van der Waals surface area contributed by atoms with Crippen LogP contribution in [0.3, 0.4) is 0 Å². The highest BCUT2D eigenvalue weighted by atomic mass is 32.2. The molecule has 1 aliphatic carbocycles. The molecule has 1 heterocycles. The van der Waals surface area contributed by atoms with Crippen molar-refractivity contribution in [3.8, 4) is 11.4 Å². The Balaban J connectivity index is 1.88. The van der Waals surface area contributed by atoms with Crippen LogP contribution in [0.2, 0.25) is 0 Å². The van der Waals surface area contributed by atoms with Crippen molar-refractivity contribution in [3.63, 3.8) is 0 Å². The van der Waals surface area contributed by atoms with Crippen LogP contribution in [0.5, 0.6) is 0 Å². The van der Waals surface area contributed by atoms with E-state index in [4.69, 9.17) is 5.11 Å². The number of nitrogens with zero attached hydrogens (tertiary/aromatic N) is 2. The molecule has 8 heteroatoms. The summed E-state index contributed by atoms with van der Waals surface area (Å²) in [6, 6.07) is 5.90. The fourth-order valence-electron chi connectivity index (χ4n) is 2.61. The third kappa shape index (κ3) is 2.90. The van der Waals surface area contributed by atoms with Crippen molar-refractivity contribution in [2.45, 2.75) is 30.5 Å². The maximum atomic E-state index is 12.0. The second-order valence-electron chi connectivity index (χ2n) is 5.42. The lowest BCUT2D eigenvalue weighted by Crippen LogP contribution is -2.24. The number of sulfone groups is 1. The van der Waals surface area contributed by atoms with Gasteiger partial charge in [0.25, 0.3) is 0 Å². The van der Waals surface area contributed by atoms with Crippen molar-refractivity contribution in [1.29, 1.82) is 0 Å². The number of fused-ring (bicyclic) bond motifs is 1. The van der Waals surface area contributed by atoms with Crippen molar-refractivity contribution in [2.75, 3.05) is 12.4 Å². The van der Waals surface area contributed by atoms with Gasteiger partial charge in [0.05, 0.1) is 18.5 Å². The minimum absolute atomic E-state index is 0.296. The quantitative estimate of drug-likeness (QED) is 0.718. The summed E-state index contributed by atoms with van der Waals surface area (Å²) in [5.41, 5.74) is 3.33. The van der Waals surface area contributed by atoms with Crippen LogP contribution in [-0.4, -0.2) is 52.3 Å². The molecule has 0 saturated heterocycles. The SMILES string of the molecule is O=S(=O)(C[C@H](O)CO)c1nc(-c2ccc3c(c2)CCC3)n[nH]1. The summed E-state index contributed by atoms with van der Waals surface area (Å²) < 4.78 is 24.1. The number of aryl methyl sites for hydroxylation is 2. The highest BCUT2D eigenvalue weighted by Crippen LogP contribution is 2.26. The molecule has 0 saturated carbocycles. The highest BCUT2D eigenvalue weighted by Gasteiger charge is 2.24. The van der Waals surface area contributed by atoms with Crippen molar-refractivity contribution in [3.05, 3.63) is 29.3 Å². The minimum Gasteiger partial charge on any atom is -0.394 e. The van der Waals surface area contributed by atoms with E-state index in [0.29, 0.717) is 5.82 Å². The van der Waals surface area contributed by atoms with E-state index in [-0.39, 0.29) is 5.16 Å². The van der Waals surface area contributed by atoms with Gasteiger partial charge >= 0.3 is 0 Å². The average molecular weight is 323 g/mol. The molecule has 0 spiro atoms. The third-order valence-electron chi connectivity index (χ3n) is 3.74.